The first-order valence-corrected chi connectivity index (χ1v) is 6.07. The lowest BCUT2D eigenvalue weighted by atomic mass is 9.93. The van der Waals surface area contributed by atoms with E-state index in [1.165, 1.54) is 12.8 Å². The Morgan fingerprint density at radius 2 is 2.19 bits per heavy atom. The minimum Gasteiger partial charge on any atom is -0.292 e. The van der Waals surface area contributed by atoms with Gasteiger partial charge >= 0.3 is 0 Å². The average Bonchev–Trinajstić information content (AvgIpc) is 2.35. The summed E-state index contributed by atoms with van der Waals surface area (Å²) in [7, 11) is 0. The summed E-state index contributed by atoms with van der Waals surface area (Å²) in [5, 5.41) is 0. The molecular weight excluding hydrogens is 200 g/mol. The van der Waals surface area contributed by atoms with Crippen molar-refractivity contribution < 1.29 is 4.79 Å². The number of hydrogen-bond donors (Lipinski definition) is 0. The minimum absolute atomic E-state index is 0.121. The maximum atomic E-state index is 11.9. The molecule has 3 heteroatoms. The third-order valence-electron chi connectivity index (χ3n) is 2.87. The zero-order valence-corrected chi connectivity index (χ0v) is 10.1. The van der Waals surface area contributed by atoms with E-state index in [-0.39, 0.29) is 5.78 Å². The van der Waals surface area contributed by atoms with Crippen molar-refractivity contribution in [2.75, 3.05) is 0 Å². The van der Waals surface area contributed by atoms with Gasteiger partial charge in [0.25, 0.3) is 0 Å². The number of carbonyl (C=O) groups excluding carboxylic acids is 1. The molecule has 0 amide bonds. The van der Waals surface area contributed by atoms with Gasteiger partial charge in [0.2, 0.25) is 0 Å². The molecule has 0 aliphatic heterocycles. The fourth-order valence-electron chi connectivity index (χ4n) is 1.75. The van der Waals surface area contributed by atoms with Gasteiger partial charge in [-0.05, 0) is 5.92 Å². The van der Waals surface area contributed by atoms with Crippen LogP contribution in [-0.2, 0) is 0 Å². The molecule has 0 saturated carbocycles. The number of rotatable bonds is 7. The molecular formula is C13H20N2O. The predicted molar refractivity (Wildman–Crippen MR) is 64.3 cm³/mol. The number of Topliss-reactive ketones (excluding diaryl/α,β-unsaturated/α-hetero) is 1. The summed E-state index contributed by atoms with van der Waals surface area (Å²) in [6.07, 6.45) is 9.91. The van der Waals surface area contributed by atoms with Crippen LogP contribution in [0.15, 0.2) is 18.6 Å². The number of nitrogens with zero attached hydrogens (tertiary/aromatic N) is 2. The molecule has 0 N–H and O–H groups in total. The number of carbonyl (C=O) groups is 1. The van der Waals surface area contributed by atoms with Gasteiger partial charge in [0.15, 0.2) is 5.78 Å². The molecule has 0 radical (unpaired) electrons. The zero-order valence-electron chi connectivity index (χ0n) is 10.1. The molecule has 1 aromatic heterocycles. The predicted octanol–water partition coefficient (Wildman–Crippen LogP) is 3.27. The molecule has 0 fully saturated rings. The van der Waals surface area contributed by atoms with E-state index in [0.717, 1.165) is 12.8 Å². The minimum atomic E-state index is 0.121. The Hall–Kier alpha value is -1.25. The smallest absolute Gasteiger partial charge is 0.183 e. The molecule has 88 valence electrons. The fraction of sp³-hybridized carbons (Fsp3) is 0.615. The maximum Gasteiger partial charge on any atom is 0.183 e. The van der Waals surface area contributed by atoms with Crippen LogP contribution in [0, 0.1) is 5.92 Å². The monoisotopic (exact) mass is 220 g/mol. The second-order valence-corrected chi connectivity index (χ2v) is 4.13. The maximum absolute atomic E-state index is 11.9. The van der Waals surface area contributed by atoms with Crippen LogP contribution < -0.4 is 0 Å². The van der Waals surface area contributed by atoms with E-state index in [2.05, 4.69) is 23.8 Å². The molecule has 0 aromatic carbocycles. The van der Waals surface area contributed by atoms with Crippen LogP contribution in [0.25, 0.3) is 0 Å². The first-order valence-electron chi connectivity index (χ1n) is 6.07. The number of aromatic nitrogens is 2. The molecule has 1 aromatic rings. The first-order chi connectivity index (χ1) is 7.77. The lowest BCUT2D eigenvalue weighted by Gasteiger charge is -2.12. The van der Waals surface area contributed by atoms with Crippen molar-refractivity contribution in [3.63, 3.8) is 0 Å². The summed E-state index contributed by atoms with van der Waals surface area (Å²) >= 11 is 0. The van der Waals surface area contributed by atoms with Crippen LogP contribution in [0.1, 0.15) is 56.4 Å². The molecule has 0 aliphatic rings. The third kappa shape index (κ3) is 4.09. The molecule has 0 aliphatic carbocycles. The number of ketones is 1. The van der Waals surface area contributed by atoms with Crippen molar-refractivity contribution >= 4 is 5.78 Å². The average molecular weight is 220 g/mol. The largest absolute Gasteiger partial charge is 0.292 e. The topological polar surface area (TPSA) is 42.9 Å². The van der Waals surface area contributed by atoms with E-state index in [1.807, 2.05) is 0 Å². The highest BCUT2D eigenvalue weighted by Crippen LogP contribution is 2.18. The molecule has 3 nitrogen and oxygen atoms in total. The summed E-state index contributed by atoms with van der Waals surface area (Å²) in [6.45, 7) is 4.32. The Bertz CT molecular complexity index is 311. The Morgan fingerprint density at radius 1 is 1.38 bits per heavy atom. The Balaban J connectivity index is 2.49. The van der Waals surface area contributed by atoms with Crippen LogP contribution in [-0.4, -0.2) is 15.8 Å². The molecule has 16 heavy (non-hydrogen) atoms. The Labute approximate surface area is 97.3 Å². The lowest BCUT2D eigenvalue weighted by molar-refractivity contribution is 0.0951. The fourth-order valence-corrected chi connectivity index (χ4v) is 1.75. The SMILES string of the molecule is CCCCC(CC)CC(=O)c1cnccn1. The van der Waals surface area contributed by atoms with Crippen LogP contribution >= 0.6 is 0 Å². The van der Waals surface area contributed by atoms with Gasteiger partial charge in [-0.2, -0.15) is 0 Å². The van der Waals surface area contributed by atoms with E-state index in [0.29, 0.717) is 18.0 Å². The quantitative estimate of drug-likeness (QED) is 0.662. The van der Waals surface area contributed by atoms with Crippen molar-refractivity contribution in [3.8, 4) is 0 Å². The van der Waals surface area contributed by atoms with Crippen LogP contribution in [0.3, 0.4) is 0 Å². The summed E-state index contributed by atoms with van der Waals surface area (Å²) in [4.78, 5) is 19.8. The standard InChI is InChI=1S/C13H20N2O/c1-3-5-6-11(4-2)9-13(16)12-10-14-7-8-15-12/h7-8,10-11H,3-6,9H2,1-2H3. The molecule has 0 saturated heterocycles. The molecule has 1 unspecified atom stereocenters. The van der Waals surface area contributed by atoms with Crippen molar-refractivity contribution in [1.29, 1.82) is 0 Å². The molecule has 0 bridgehead atoms. The normalized spacial score (nSPS) is 12.4. The van der Waals surface area contributed by atoms with E-state index >= 15 is 0 Å². The zero-order chi connectivity index (χ0) is 11.8. The van der Waals surface area contributed by atoms with Crippen molar-refractivity contribution in [3.05, 3.63) is 24.3 Å². The summed E-state index contributed by atoms with van der Waals surface area (Å²) in [5.41, 5.74) is 0.498. The van der Waals surface area contributed by atoms with Gasteiger partial charge in [-0.1, -0.05) is 39.5 Å². The van der Waals surface area contributed by atoms with Gasteiger partial charge in [0.05, 0.1) is 6.20 Å². The van der Waals surface area contributed by atoms with Crippen molar-refractivity contribution in [2.45, 2.75) is 46.0 Å². The van der Waals surface area contributed by atoms with E-state index < -0.39 is 0 Å². The van der Waals surface area contributed by atoms with E-state index in [9.17, 15) is 4.79 Å². The number of unbranched alkanes of at least 4 members (excludes halogenated alkanes) is 1. The van der Waals surface area contributed by atoms with Crippen LogP contribution in [0.2, 0.25) is 0 Å². The molecule has 1 heterocycles. The highest BCUT2D eigenvalue weighted by Gasteiger charge is 2.14. The van der Waals surface area contributed by atoms with Gasteiger partial charge in [-0.3, -0.25) is 9.78 Å². The lowest BCUT2D eigenvalue weighted by Crippen LogP contribution is -2.10. The Kier molecular flexibility index (Phi) is 5.68. The summed E-state index contributed by atoms with van der Waals surface area (Å²) in [6, 6.07) is 0. The van der Waals surface area contributed by atoms with Crippen molar-refractivity contribution in [1.82, 2.24) is 9.97 Å². The molecule has 1 rings (SSSR count). The van der Waals surface area contributed by atoms with Gasteiger partial charge in [0, 0.05) is 18.8 Å². The van der Waals surface area contributed by atoms with Gasteiger partial charge < -0.3 is 0 Å². The van der Waals surface area contributed by atoms with Crippen molar-refractivity contribution in [2.24, 2.45) is 5.92 Å². The first kappa shape index (κ1) is 12.8. The van der Waals surface area contributed by atoms with E-state index in [1.54, 1.807) is 18.6 Å². The number of hydrogen-bond acceptors (Lipinski definition) is 3. The van der Waals surface area contributed by atoms with Gasteiger partial charge in [-0.15, -0.1) is 0 Å². The molecule has 1 atom stereocenters. The third-order valence-corrected chi connectivity index (χ3v) is 2.87. The van der Waals surface area contributed by atoms with E-state index in [4.69, 9.17) is 0 Å². The van der Waals surface area contributed by atoms with Gasteiger partial charge in [0.1, 0.15) is 5.69 Å². The second-order valence-electron chi connectivity index (χ2n) is 4.13. The molecule has 0 spiro atoms. The van der Waals surface area contributed by atoms with Crippen LogP contribution in [0.4, 0.5) is 0 Å². The second kappa shape index (κ2) is 7.09. The Morgan fingerprint density at radius 3 is 2.75 bits per heavy atom. The van der Waals surface area contributed by atoms with Crippen LogP contribution in [0.5, 0.6) is 0 Å². The highest BCUT2D eigenvalue weighted by atomic mass is 16.1. The summed E-state index contributed by atoms with van der Waals surface area (Å²) in [5.74, 6) is 0.616. The highest BCUT2D eigenvalue weighted by molar-refractivity contribution is 5.93. The van der Waals surface area contributed by atoms with Gasteiger partial charge in [-0.25, -0.2) is 4.98 Å². The summed E-state index contributed by atoms with van der Waals surface area (Å²) < 4.78 is 0.